The Hall–Kier alpha value is -2.74. The van der Waals surface area contributed by atoms with Gasteiger partial charge in [-0.2, -0.15) is 5.26 Å². The van der Waals surface area contributed by atoms with E-state index in [0.29, 0.717) is 17.7 Å². The molecule has 1 heterocycles. The highest BCUT2D eigenvalue weighted by molar-refractivity contribution is 5.79. The molecule has 2 rings (SSSR count). The van der Waals surface area contributed by atoms with Gasteiger partial charge in [-0.15, -0.1) is 0 Å². The van der Waals surface area contributed by atoms with Crippen molar-refractivity contribution in [3.8, 4) is 6.07 Å². The molecule has 1 amide bonds. The molecule has 118 valence electrons. The summed E-state index contributed by atoms with van der Waals surface area (Å²) in [6, 6.07) is 11.5. The Kier molecular flexibility index (Phi) is 5.42. The van der Waals surface area contributed by atoms with E-state index in [1.165, 1.54) is 6.33 Å². The van der Waals surface area contributed by atoms with E-state index in [1.54, 1.807) is 18.1 Å². The van der Waals surface area contributed by atoms with Crippen LogP contribution in [0.5, 0.6) is 0 Å². The van der Waals surface area contributed by atoms with Gasteiger partial charge in [0.05, 0.1) is 12.5 Å². The van der Waals surface area contributed by atoms with Gasteiger partial charge in [-0.05, 0) is 11.5 Å². The normalized spacial score (nSPS) is 11.8. The van der Waals surface area contributed by atoms with Crippen molar-refractivity contribution in [2.24, 2.45) is 5.92 Å². The summed E-state index contributed by atoms with van der Waals surface area (Å²) in [6.07, 6.45) is 3.31. The van der Waals surface area contributed by atoms with Gasteiger partial charge in [0.2, 0.25) is 5.91 Å². The number of aromatic nitrogens is 2. The third-order valence-corrected chi connectivity index (χ3v) is 3.81. The Bertz CT molecular complexity index is 706. The van der Waals surface area contributed by atoms with Gasteiger partial charge in [0.15, 0.2) is 0 Å². The Labute approximate surface area is 136 Å². The summed E-state index contributed by atoms with van der Waals surface area (Å²) in [5.74, 6) is 0.139. The molecule has 23 heavy (non-hydrogen) atoms. The number of nitrogens with zero attached hydrogens (tertiary/aromatic N) is 4. The van der Waals surface area contributed by atoms with Crippen LogP contribution in [0.25, 0.3) is 0 Å². The SMILES string of the molecule is CC(C)C(c1cncnc1C#N)N(C)C(=O)Cc1ccccc1. The first kappa shape index (κ1) is 16.6. The minimum absolute atomic E-state index is 0.00245. The van der Waals surface area contributed by atoms with Gasteiger partial charge in [0.1, 0.15) is 18.1 Å². The molecule has 0 aliphatic carbocycles. The fourth-order valence-corrected chi connectivity index (χ4v) is 2.72. The Balaban J connectivity index is 2.27. The largest absolute Gasteiger partial charge is 0.338 e. The van der Waals surface area contributed by atoms with Gasteiger partial charge in [0, 0.05) is 18.8 Å². The molecule has 1 aromatic carbocycles. The van der Waals surface area contributed by atoms with Crippen LogP contribution in [0.4, 0.5) is 0 Å². The van der Waals surface area contributed by atoms with Crippen molar-refractivity contribution in [2.75, 3.05) is 7.05 Å². The van der Waals surface area contributed by atoms with Crippen LogP contribution in [0.1, 0.15) is 36.7 Å². The molecule has 1 unspecified atom stereocenters. The molecular weight excluding hydrogens is 288 g/mol. The fraction of sp³-hybridized carbons (Fsp3) is 0.333. The number of hydrogen-bond acceptors (Lipinski definition) is 4. The molecule has 0 bridgehead atoms. The maximum Gasteiger partial charge on any atom is 0.227 e. The van der Waals surface area contributed by atoms with E-state index in [1.807, 2.05) is 44.2 Å². The monoisotopic (exact) mass is 308 g/mol. The standard InChI is InChI=1S/C18H20N4O/c1-13(2)18(15-11-20-12-21-16(15)10-19)22(3)17(23)9-14-7-5-4-6-8-14/h4-8,11-13,18H,9H2,1-3H3. The molecule has 0 saturated carbocycles. The number of rotatable bonds is 5. The molecule has 0 radical (unpaired) electrons. The molecular formula is C18H20N4O. The van der Waals surface area contributed by atoms with Crippen molar-refractivity contribution >= 4 is 5.91 Å². The van der Waals surface area contributed by atoms with E-state index < -0.39 is 0 Å². The van der Waals surface area contributed by atoms with E-state index in [2.05, 4.69) is 16.0 Å². The zero-order chi connectivity index (χ0) is 16.8. The van der Waals surface area contributed by atoms with Crippen LogP contribution in [0.15, 0.2) is 42.9 Å². The average Bonchev–Trinajstić information content (AvgIpc) is 2.56. The maximum absolute atomic E-state index is 12.6. The molecule has 5 heteroatoms. The number of nitriles is 1. The summed E-state index contributed by atoms with van der Waals surface area (Å²) >= 11 is 0. The third-order valence-electron chi connectivity index (χ3n) is 3.81. The molecule has 0 N–H and O–H groups in total. The predicted molar refractivity (Wildman–Crippen MR) is 87.2 cm³/mol. The summed E-state index contributed by atoms with van der Waals surface area (Å²) < 4.78 is 0. The summed E-state index contributed by atoms with van der Waals surface area (Å²) in [4.78, 5) is 22.4. The highest BCUT2D eigenvalue weighted by atomic mass is 16.2. The highest BCUT2D eigenvalue weighted by Crippen LogP contribution is 2.29. The number of carbonyl (C=O) groups is 1. The number of benzene rings is 1. The van der Waals surface area contributed by atoms with Crippen molar-refractivity contribution in [3.05, 3.63) is 59.7 Å². The van der Waals surface area contributed by atoms with Crippen LogP contribution in [0.3, 0.4) is 0 Å². The van der Waals surface area contributed by atoms with Crippen molar-refractivity contribution in [1.29, 1.82) is 5.26 Å². The molecule has 5 nitrogen and oxygen atoms in total. The molecule has 0 fully saturated rings. The lowest BCUT2D eigenvalue weighted by Crippen LogP contribution is -2.35. The van der Waals surface area contributed by atoms with E-state index in [4.69, 9.17) is 0 Å². The first-order valence-corrected chi connectivity index (χ1v) is 7.54. The smallest absolute Gasteiger partial charge is 0.227 e. The van der Waals surface area contributed by atoms with Crippen LogP contribution >= 0.6 is 0 Å². The quantitative estimate of drug-likeness (QED) is 0.851. The summed E-state index contributed by atoms with van der Waals surface area (Å²) in [5.41, 5.74) is 1.98. The van der Waals surface area contributed by atoms with Gasteiger partial charge in [-0.1, -0.05) is 44.2 Å². The lowest BCUT2D eigenvalue weighted by atomic mass is 9.94. The number of likely N-dealkylation sites (N-methyl/N-ethyl adjacent to an activating group) is 1. The minimum Gasteiger partial charge on any atom is -0.338 e. The topological polar surface area (TPSA) is 69.9 Å². The number of hydrogen-bond donors (Lipinski definition) is 0. The summed E-state index contributed by atoms with van der Waals surface area (Å²) in [7, 11) is 1.77. The minimum atomic E-state index is -0.234. The number of carbonyl (C=O) groups excluding carboxylic acids is 1. The van der Waals surface area contributed by atoms with Crippen LogP contribution in [-0.4, -0.2) is 27.8 Å². The van der Waals surface area contributed by atoms with Gasteiger partial charge in [-0.25, -0.2) is 9.97 Å². The lowest BCUT2D eigenvalue weighted by molar-refractivity contribution is -0.132. The fourth-order valence-electron chi connectivity index (χ4n) is 2.72. The van der Waals surface area contributed by atoms with E-state index >= 15 is 0 Å². The lowest BCUT2D eigenvalue weighted by Gasteiger charge is -2.31. The summed E-state index contributed by atoms with van der Waals surface area (Å²) in [6.45, 7) is 4.04. The molecule has 0 saturated heterocycles. The van der Waals surface area contributed by atoms with Crippen molar-refractivity contribution < 1.29 is 4.79 Å². The van der Waals surface area contributed by atoms with Gasteiger partial charge < -0.3 is 4.90 Å². The molecule has 0 aliphatic heterocycles. The van der Waals surface area contributed by atoms with E-state index in [9.17, 15) is 10.1 Å². The van der Waals surface area contributed by atoms with E-state index in [0.717, 1.165) is 5.56 Å². The second kappa shape index (κ2) is 7.50. The maximum atomic E-state index is 12.6. The van der Waals surface area contributed by atoms with Gasteiger partial charge in [0.25, 0.3) is 0 Å². The van der Waals surface area contributed by atoms with E-state index in [-0.39, 0.29) is 17.9 Å². The number of amides is 1. The van der Waals surface area contributed by atoms with Crippen LogP contribution in [-0.2, 0) is 11.2 Å². The Morgan fingerprint density at radius 1 is 1.30 bits per heavy atom. The van der Waals surface area contributed by atoms with Crippen LogP contribution in [0.2, 0.25) is 0 Å². The Morgan fingerprint density at radius 3 is 2.61 bits per heavy atom. The van der Waals surface area contributed by atoms with Crippen molar-refractivity contribution in [3.63, 3.8) is 0 Å². The zero-order valence-corrected chi connectivity index (χ0v) is 13.6. The van der Waals surface area contributed by atoms with Gasteiger partial charge in [-0.3, -0.25) is 4.79 Å². The first-order valence-electron chi connectivity index (χ1n) is 7.54. The zero-order valence-electron chi connectivity index (χ0n) is 13.6. The molecule has 1 aromatic heterocycles. The average molecular weight is 308 g/mol. The first-order chi connectivity index (χ1) is 11.0. The van der Waals surface area contributed by atoms with Crippen molar-refractivity contribution in [2.45, 2.75) is 26.3 Å². The Morgan fingerprint density at radius 2 is 2.00 bits per heavy atom. The molecule has 2 aromatic rings. The molecule has 0 aliphatic rings. The van der Waals surface area contributed by atoms with Crippen molar-refractivity contribution in [1.82, 2.24) is 14.9 Å². The summed E-state index contributed by atoms with van der Waals surface area (Å²) in [5, 5.41) is 9.26. The molecule has 1 atom stereocenters. The molecule has 0 spiro atoms. The van der Waals surface area contributed by atoms with Crippen LogP contribution in [0, 0.1) is 17.2 Å². The van der Waals surface area contributed by atoms with Gasteiger partial charge >= 0.3 is 0 Å². The highest BCUT2D eigenvalue weighted by Gasteiger charge is 2.27. The second-order valence-corrected chi connectivity index (χ2v) is 5.79. The third kappa shape index (κ3) is 3.92. The predicted octanol–water partition coefficient (Wildman–Crippen LogP) is 2.75. The second-order valence-electron chi connectivity index (χ2n) is 5.79. The van der Waals surface area contributed by atoms with Crippen LogP contribution < -0.4 is 0 Å².